The van der Waals surface area contributed by atoms with Crippen molar-refractivity contribution in [1.82, 2.24) is 0 Å². The fraction of sp³-hybridized carbons (Fsp3) is 0.375. The molecule has 0 radical (unpaired) electrons. The van der Waals surface area contributed by atoms with Crippen molar-refractivity contribution in [2.24, 2.45) is 0 Å². The van der Waals surface area contributed by atoms with Crippen LogP contribution in [0.2, 0.25) is 0 Å². The van der Waals surface area contributed by atoms with Gasteiger partial charge in [-0.25, -0.2) is 0 Å². The first kappa shape index (κ1) is 12.9. The normalized spacial score (nSPS) is 11.1. The van der Waals surface area contributed by atoms with Crippen molar-refractivity contribution in [3.63, 3.8) is 0 Å². The Kier molecular flexibility index (Phi) is 4.59. The molecule has 0 aliphatic heterocycles. The van der Waals surface area contributed by atoms with Crippen LogP contribution in [0, 0.1) is 0 Å². The van der Waals surface area contributed by atoms with Crippen LogP contribution in [0.25, 0.3) is 10.8 Å². The molecule has 0 aromatic heterocycles. The second-order valence-corrected chi connectivity index (χ2v) is 4.66. The molecule has 0 unspecified atom stereocenters. The average molecular weight is 243 g/mol. The standard InChI is InChI=1S/C16H22N2/c1-3-18(4-2)13-12-17-16-11-7-9-14-8-5-6-10-15(14)16/h5-11,17H,3-4,12-13H2,1-2H3/p+1. The van der Waals surface area contributed by atoms with Crippen molar-refractivity contribution in [2.45, 2.75) is 13.8 Å². The summed E-state index contributed by atoms with van der Waals surface area (Å²) in [5.74, 6) is 0. The Morgan fingerprint density at radius 3 is 2.44 bits per heavy atom. The number of anilines is 1. The van der Waals surface area contributed by atoms with Crippen molar-refractivity contribution in [2.75, 3.05) is 31.5 Å². The molecule has 2 aromatic carbocycles. The van der Waals surface area contributed by atoms with Crippen molar-refractivity contribution < 1.29 is 4.90 Å². The Morgan fingerprint density at radius 2 is 1.67 bits per heavy atom. The van der Waals surface area contributed by atoms with Crippen LogP contribution in [0.3, 0.4) is 0 Å². The molecule has 2 nitrogen and oxygen atoms in total. The summed E-state index contributed by atoms with van der Waals surface area (Å²) in [7, 11) is 0. The molecule has 0 atom stereocenters. The zero-order chi connectivity index (χ0) is 12.8. The van der Waals surface area contributed by atoms with Crippen LogP contribution in [0.15, 0.2) is 42.5 Å². The minimum atomic E-state index is 1.03. The lowest BCUT2D eigenvalue weighted by atomic mass is 10.1. The molecule has 0 aliphatic carbocycles. The number of hydrogen-bond acceptors (Lipinski definition) is 1. The quantitative estimate of drug-likeness (QED) is 0.795. The fourth-order valence-corrected chi connectivity index (χ4v) is 2.36. The van der Waals surface area contributed by atoms with Gasteiger partial charge in [0.15, 0.2) is 0 Å². The van der Waals surface area contributed by atoms with Gasteiger partial charge in [-0.05, 0) is 25.3 Å². The van der Waals surface area contributed by atoms with Gasteiger partial charge >= 0.3 is 0 Å². The van der Waals surface area contributed by atoms with Crippen molar-refractivity contribution in [3.05, 3.63) is 42.5 Å². The Labute approximate surface area is 110 Å². The largest absolute Gasteiger partial charge is 0.379 e. The molecule has 2 N–H and O–H groups in total. The third kappa shape index (κ3) is 3.02. The Bertz CT molecular complexity index is 484. The van der Waals surface area contributed by atoms with E-state index in [0.29, 0.717) is 0 Å². The highest BCUT2D eigenvalue weighted by molar-refractivity contribution is 5.93. The molecule has 0 heterocycles. The monoisotopic (exact) mass is 243 g/mol. The fourth-order valence-electron chi connectivity index (χ4n) is 2.36. The number of quaternary nitrogens is 1. The van der Waals surface area contributed by atoms with Gasteiger partial charge in [0, 0.05) is 11.1 Å². The van der Waals surface area contributed by atoms with Crippen molar-refractivity contribution in [3.8, 4) is 0 Å². The van der Waals surface area contributed by atoms with Gasteiger partial charge in [0.1, 0.15) is 0 Å². The lowest BCUT2D eigenvalue weighted by Crippen LogP contribution is -3.12. The van der Waals surface area contributed by atoms with Gasteiger partial charge in [0.05, 0.1) is 26.2 Å². The number of benzene rings is 2. The van der Waals surface area contributed by atoms with Gasteiger partial charge < -0.3 is 10.2 Å². The van der Waals surface area contributed by atoms with E-state index in [1.807, 2.05) is 0 Å². The first-order valence-electron chi connectivity index (χ1n) is 6.90. The minimum absolute atomic E-state index is 1.03. The number of likely N-dealkylation sites (N-methyl/N-ethyl adjacent to an activating group) is 1. The zero-order valence-electron chi connectivity index (χ0n) is 11.4. The number of hydrogen-bond donors (Lipinski definition) is 2. The van der Waals surface area contributed by atoms with Crippen LogP contribution in [-0.2, 0) is 0 Å². The van der Waals surface area contributed by atoms with Crippen molar-refractivity contribution >= 4 is 16.5 Å². The predicted molar refractivity (Wildman–Crippen MR) is 79.3 cm³/mol. The maximum absolute atomic E-state index is 3.57. The Balaban J connectivity index is 2.03. The summed E-state index contributed by atoms with van der Waals surface area (Å²) < 4.78 is 0. The van der Waals surface area contributed by atoms with Gasteiger partial charge in [-0.1, -0.05) is 36.4 Å². The van der Waals surface area contributed by atoms with Crippen LogP contribution in [0.4, 0.5) is 5.69 Å². The van der Waals surface area contributed by atoms with Crippen LogP contribution in [-0.4, -0.2) is 26.2 Å². The van der Waals surface area contributed by atoms with E-state index in [9.17, 15) is 0 Å². The van der Waals surface area contributed by atoms with Crippen LogP contribution >= 0.6 is 0 Å². The molecule has 96 valence electrons. The Morgan fingerprint density at radius 1 is 0.944 bits per heavy atom. The molecule has 0 spiro atoms. The summed E-state index contributed by atoms with van der Waals surface area (Å²) in [5, 5.41) is 6.18. The molecule has 0 fully saturated rings. The number of rotatable bonds is 6. The van der Waals surface area contributed by atoms with E-state index in [4.69, 9.17) is 0 Å². The van der Waals surface area contributed by atoms with Gasteiger partial charge in [-0.15, -0.1) is 0 Å². The molecule has 0 saturated carbocycles. The van der Waals surface area contributed by atoms with Crippen LogP contribution in [0.1, 0.15) is 13.8 Å². The summed E-state index contributed by atoms with van der Waals surface area (Å²) in [6.45, 7) is 9.11. The molecule has 2 aromatic rings. The van der Waals surface area contributed by atoms with E-state index in [2.05, 4.69) is 61.6 Å². The third-order valence-electron chi connectivity index (χ3n) is 3.58. The maximum Gasteiger partial charge on any atom is 0.0946 e. The molecule has 0 saturated heterocycles. The van der Waals surface area contributed by atoms with E-state index < -0.39 is 0 Å². The predicted octanol–water partition coefficient (Wildman–Crippen LogP) is 2.18. The summed E-state index contributed by atoms with van der Waals surface area (Å²) in [6.07, 6.45) is 0. The SMILES string of the molecule is CC[NH+](CC)CCNc1cccc2ccccc12. The van der Waals surface area contributed by atoms with E-state index in [-0.39, 0.29) is 0 Å². The van der Waals surface area contributed by atoms with E-state index in [1.165, 1.54) is 36.1 Å². The van der Waals surface area contributed by atoms with Gasteiger partial charge in [-0.3, -0.25) is 0 Å². The third-order valence-corrected chi connectivity index (χ3v) is 3.58. The van der Waals surface area contributed by atoms with Crippen LogP contribution < -0.4 is 10.2 Å². The summed E-state index contributed by atoms with van der Waals surface area (Å²) in [5.41, 5.74) is 1.25. The molecular formula is C16H23N2+. The van der Waals surface area contributed by atoms with Crippen molar-refractivity contribution in [1.29, 1.82) is 0 Å². The van der Waals surface area contributed by atoms with E-state index in [1.54, 1.807) is 4.90 Å². The molecule has 18 heavy (non-hydrogen) atoms. The highest BCUT2D eigenvalue weighted by atomic mass is 15.1. The summed E-state index contributed by atoms with van der Waals surface area (Å²) >= 11 is 0. The van der Waals surface area contributed by atoms with E-state index >= 15 is 0 Å². The lowest BCUT2D eigenvalue weighted by Gasteiger charge is -2.16. The van der Waals surface area contributed by atoms with Gasteiger partial charge in [0.2, 0.25) is 0 Å². The molecule has 0 amide bonds. The molecule has 2 heteroatoms. The van der Waals surface area contributed by atoms with E-state index in [0.717, 1.165) is 6.54 Å². The first-order valence-corrected chi connectivity index (χ1v) is 6.90. The topological polar surface area (TPSA) is 16.5 Å². The second-order valence-electron chi connectivity index (χ2n) is 4.66. The highest BCUT2D eigenvalue weighted by Gasteiger charge is 2.03. The molecule has 2 rings (SSSR count). The van der Waals surface area contributed by atoms with Gasteiger partial charge in [-0.2, -0.15) is 0 Å². The molecule has 0 aliphatic rings. The lowest BCUT2D eigenvalue weighted by molar-refractivity contribution is -0.894. The summed E-state index contributed by atoms with van der Waals surface area (Å²) in [6, 6.07) is 15.0. The van der Waals surface area contributed by atoms with Gasteiger partial charge in [0.25, 0.3) is 0 Å². The maximum atomic E-state index is 3.57. The Hall–Kier alpha value is -1.54. The number of nitrogens with one attached hydrogen (secondary N) is 2. The smallest absolute Gasteiger partial charge is 0.0946 e. The first-order chi connectivity index (χ1) is 8.85. The molecule has 0 bridgehead atoms. The van der Waals surface area contributed by atoms with Crippen LogP contribution in [0.5, 0.6) is 0 Å². The average Bonchev–Trinajstić information content (AvgIpc) is 2.44. The highest BCUT2D eigenvalue weighted by Crippen LogP contribution is 2.22. The number of fused-ring (bicyclic) bond motifs is 1. The molecular weight excluding hydrogens is 220 g/mol. The zero-order valence-corrected chi connectivity index (χ0v) is 11.4. The summed E-state index contributed by atoms with van der Waals surface area (Å²) in [4.78, 5) is 1.64. The second kappa shape index (κ2) is 6.41. The minimum Gasteiger partial charge on any atom is -0.379 e.